The number of benzene rings is 1. The molecule has 0 radical (unpaired) electrons. The summed E-state index contributed by atoms with van der Waals surface area (Å²) in [6, 6.07) is 11.2. The third-order valence-corrected chi connectivity index (χ3v) is 5.72. The smallest absolute Gasteiger partial charge is 0.243 e. The summed E-state index contributed by atoms with van der Waals surface area (Å²) in [6.07, 6.45) is 2.24. The lowest BCUT2D eigenvalue weighted by Crippen LogP contribution is -2.36. The van der Waals surface area contributed by atoms with Crippen LogP contribution in [0, 0.1) is 0 Å². The second kappa shape index (κ2) is 5.75. The average molecular weight is 323 g/mol. The molecule has 21 heavy (non-hydrogen) atoms. The Bertz CT molecular complexity index is 745. The summed E-state index contributed by atoms with van der Waals surface area (Å²) in [7, 11) is -3.55. The molecule has 6 heteroatoms. The first-order chi connectivity index (χ1) is 10.1. The van der Waals surface area contributed by atoms with Crippen LogP contribution in [-0.4, -0.2) is 24.3 Å². The highest BCUT2D eigenvalue weighted by Crippen LogP contribution is 2.24. The second-order valence-electron chi connectivity index (χ2n) is 5.00. The Hall–Kier alpha value is -1.43. The van der Waals surface area contributed by atoms with Crippen LogP contribution < -0.4 is 0 Å². The lowest BCUT2D eigenvalue weighted by Gasteiger charge is -2.27. The molecular weight excluding hydrogens is 308 g/mol. The van der Waals surface area contributed by atoms with Crippen LogP contribution in [0.1, 0.15) is 16.7 Å². The standard InChI is InChI=1S/C15H15ClN2O2S/c16-9-12-5-6-15(17-10-12)21(19,20)18-8-7-13-3-1-2-4-14(13)11-18/h1-6,10H,7-9,11H2. The fraction of sp³-hybridized carbons (Fsp3) is 0.267. The molecule has 4 nitrogen and oxygen atoms in total. The van der Waals surface area contributed by atoms with Gasteiger partial charge in [0.1, 0.15) is 0 Å². The van der Waals surface area contributed by atoms with Gasteiger partial charge < -0.3 is 0 Å². The molecule has 2 heterocycles. The summed E-state index contributed by atoms with van der Waals surface area (Å²) in [4.78, 5) is 4.04. The van der Waals surface area contributed by atoms with E-state index in [2.05, 4.69) is 4.98 Å². The quantitative estimate of drug-likeness (QED) is 0.816. The van der Waals surface area contributed by atoms with Crippen molar-refractivity contribution in [2.45, 2.75) is 23.9 Å². The van der Waals surface area contributed by atoms with E-state index in [9.17, 15) is 8.42 Å². The SMILES string of the molecule is O=S(=O)(c1ccc(CCl)cn1)N1CCc2ccccc2C1. The Kier molecular flexibility index (Phi) is 3.97. The van der Waals surface area contributed by atoms with Crippen LogP contribution in [0.5, 0.6) is 0 Å². The van der Waals surface area contributed by atoms with E-state index in [0.29, 0.717) is 19.0 Å². The lowest BCUT2D eigenvalue weighted by molar-refractivity contribution is 0.389. The number of hydrogen-bond donors (Lipinski definition) is 0. The van der Waals surface area contributed by atoms with Crippen molar-refractivity contribution >= 4 is 21.6 Å². The predicted octanol–water partition coefficient (Wildman–Crippen LogP) is 2.57. The second-order valence-corrected chi connectivity index (χ2v) is 7.15. The molecule has 0 atom stereocenters. The normalized spacial score (nSPS) is 15.7. The number of sulfonamides is 1. The molecule has 110 valence electrons. The molecule has 1 aromatic heterocycles. The van der Waals surface area contributed by atoms with E-state index >= 15 is 0 Å². The van der Waals surface area contributed by atoms with Crippen LogP contribution in [0.3, 0.4) is 0 Å². The van der Waals surface area contributed by atoms with Crippen LogP contribution in [0.15, 0.2) is 47.6 Å². The van der Waals surface area contributed by atoms with Crippen LogP contribution in [-0.2, 0) is 28.9 Å². The zero-order valence-electron chi connectivity index (χ0n) is 11.4. The highest BCUT2D eigenvalue weighted by molar-refractivity contribution is 7.89. The number of pyridine rings is 1. The molecule has 0 fully saturated rings. The van der Waals surface area contributed by atoms with Gasteiger partial charge in [-0.1, -0.05) is 30.3 Å². The number of alkyl halides is 1. The third-order valence-electron chi connectivity index (χ3n) is 3.65. The number of aromatic nitrogens is 1. The number of halogens is 1. The molecule has 1 aliphatic rings. The van der Waals surface area contributed by atoms with Crippen molar-refractivity contribution in [1.82, 2.24) is 9.29 Å². The number of rotatable bonds is 3. The summed E-state index contributed by atoms with van der Waals surface area (Å²) < 4.78 is 26.7. The molecule has 0 aliphatic carbocycles. The van der Waals surface area contributed by atoms with Crippen molar-refractivity contribution in [2.75, 3.05) is 6.54 Å². The van der Waals surface area contributed by atoms with E-state index in [-0.39, 0.29) is 5.03 Å². The Morgan fingerprint density at radius 2 is 1.90 bits per heavy atom. The van der Waals surface area contributed by atoms with Crippen molar-refractivity contribution in [3.8, 4) is 0 Å². The molecule has 0 saturated heterocycles. The maximum atomic E-state index is 12.6. The van der Waals surface area contributed by atoms with Gasteiger partial charge in [-0.25, -0.2) is 13.4 Å². The van der Waals surface area contributed by atoms with Crippen LogP contribution in [0.4, 0.5) is 0 Å². The Morgan fingerprint density at radius 1 is 1.14 bits per heavy atom. The monoisotopic (exact) mass is 322 g/mol. The van der Waals surface area contributed by atoms with E-state index in [4.69, 9.17) is 11.6 Å². The maximum absolute atomic E-state index is 12.6. The van der Waals surface area contributed by atoms with Gasteiger partial charge in [-0.2, -0.15) is 4.31 Å². The molecule has 0 bridgehead atoms. The molecule has 0 saturated carbocycles. The molecule has 1 aliphatic heterocycles. The van der Waals surface area contributed by atoms with Crippen molar-refractivity contribution in [2.24, 2.45) is 0 Å². The number of hydrogen-bond acceptors (Lipinski definition) is 3. The average Bonchev–Trinajstić information content (AvgIpc) is 2.54. The number of fused-ring (bicyclic) bond motifs is 1. The van der Waals surface area contributed by atoms with Crippen molar-refractivity contribution in [3.05, 3.63) is 59.3 Å². The molecule has 2 aromatic rings. The van der Waals surface area contributed by atoms with Crippen LogP contribution in [0.25, 0.3) is 0 Å². The van der Waals surface area contributed by atoms with Gasteiger partial charge in [0.05, 0.1) is 0 Å². The van der Waals surface area contributed by atoms with Crippen molar-refractivity contribution in [3.63, 3.8) is 0 Å². The molecule has 0 unspecified atom stereocenters. The Morgan fingerprint density at radius 3 is 2.57 bits per heavy atom. The summed E-state index contributed by atoms with van der Waals surface area (Å²) >= 11 is 5.70. The minimum atomic E-state index is -3.55. The topological polar surface area (TPSA) is 50.3 Å². The molecule has 1 aromatic carbocycles. The summed E-state index contributed by atoms with van der Waals surface area (Å²) in [5.41, 5.74) is 3.08. The summed E-state index contributed by atoms with van der Waals surface area (Å²) in [5, 5.41) is 0.0794. The van der Waals surface area contributed by atoms with Gasteiger partial charge in [-0.05, 0) is 29.2 Å². The van der Waals surface area contributed by atoms with Crippen molar-refractivity contribution < 1.29 is 8.42 Å². The van der Waals surface area contributed by atoms with Gasteiger partial charge in [-0.15, -0.1) is 11.6 Å². The van der Waals surface area contributed by atoms with E-state index < -0.39 is 10.0 Å². The molecule has 0 N–H and O–H groups in total. The fourth-order valence-corrected chi connectivity index (χ4v) is 3.94. The Labute approximate surface area is 129 Å². The fourth-order valence-electron chi connectivity index (χ4n) is 2.45. The van der Waals surface area contributed by atoms with Gasteiger partial charge in [0.2, 0.25) is 0 Å². The summed E-state index contributed by atoms with van der Waals surface area (Å²) in [6.45, 7) is 0.885. The van der Waals surface area contributed by atoms with Gasteiger partial charge in [0, 0.05) is 25.2 Å². The van der Waals surface area contributed by atoms with Gasteiger partial charge >= 0.3 is 0 Å². The Balaban J connectivity index is 1.89. The first-order valence-electron chi connectivity index (χ1n) is 6.69. The van der Waals surface area contributed by atoms with E-state index in [1.165, 1.54) is 22.1 Å². The minimum absolute atomic E-state index is 0.0794. The largest absolute Gasteiger partial charge is 0.260 e. The lowest BCUT2D eigenvalue weighted by atomic mass is 10.0. The van der Waals surface area contributed by atoms with E-state index in [0.717, 1.165) is 17.5 Å². The first kappa shape index (κ1) is 14.5. The van der Waals surface area contributed by atoms with Crippen LogP contribution >= 0.6 is 11.6 Å². The molecule has 0 spiro atoms. The zero-order chi connectivity index (χ0) is 14.9. The van der Waals surface area contributed by atoms with Crippen molar-refractivity contribution in [1.29, 1.82) is 0 Å². The first-order valence-corrected chi connectivity index (χ1v) is 8.66. The maximum Gasteiger partial charge on any atom is 0.260 e. The van der Waals surface area contributed by atoms with E-state index in [1.807, 2.05) is 24.3 Å². The van der Waals surface area contributed by atoms with E-state index in [1.54, 1.807) is 6.07 Å². The minimum Gasteiger partial charge on any atom is -0.243 e. The molecular formula is C15H15ClN2O2S. The highest BCUT2D eigenvalue weighted by atomic mass is 35.5. The number of nitrogens with zero attached hydrogens (tertiary/aromatic N) is 2. The van der Waals surface area contributed by atoms with Crippen LogP contribution in [0.2, 0.25) is 0 Å². The van der Waals surface area contributed by atoms with Gasteiger partial charge in [0.25, 0.3) is 10.0 Å². The molecule has 3 rings (SSSR count). The third kappa shape index (κ3) is 2.81. The van der Waals surface area contributed by atoms with Gasteiger partial charge in [0.15, 0.2) is 5.03 Å². The predicted molar refractivity (Wildman–Crippen MR) is 81.5 cm³/mol. The summed E-state index contributed by atoms with van der Waals surface area (Å²) in [5.74, 6) is 0.324. The molecule has 0 amide bonds. The highest BCUT2D eigenvalue weighted by Gasteiger charge is 2.29. The zero-order valence-corrected chi connectivity index (χ0v) is 12.9. The van der Waals surface area contributed by atoms with Gasteiger partial charge in [-0.3, -0.25) is 0 Å².